The molecule has 1 aromatic heterocycles. The lowest BCUT2D eigenvalue weighted by atomic mass is 10.1. The fraction of sp³-hybridized carbons (Fsp3) is 0.444. The summed E-state index contributed by atoms with van der Waals surface area (Å²) in [5, 5.41) is 3.81. The van der Waals surface area contributed by atoms with Crippen LogP contribution in [0.15, 0.2) is 27.4 Å². The monoisotopic (exact) mass is 315 g/mol. The molecule has 1 atom stereocenters. The summed E-state index contributed by atoms with van der Waals surface area (Å²) >= 11 is 0. The third kappa shape index (κ3) is 3.23. The molecule has 2 aromatic rings. The fourth-order valence-electron chi connectivity index (χ4n) is 2.92. The highest BCUT2D eigenvalue weighted by atomic mass is 16.5. The van der Waals surface area contributed by atoms with Gasteiger partial charge in [0.1, 0.15) is 11.3 Å². The molecule has 5 nitrogen and oxygen atoms in total. The van der Waals surface area contributed by atoms with E-state index in [0.717, 1.165) is 42.2 Å². The van der Waals surface area contributed by atoms with Gasteiger partial charge in [0.25, 0.3) is 5.91 Å². The maximum atomic E-state index is 12.0. The third-order valence-electron chi connectivity index (χ3n) is 4.33. The molecular formula is C18H21NO4. The highest BCUT2D eigenvalue weighted by Crippen LogP contribution is 2.29. The predicted octanol–water partition coefficient (Wildman–Crippen LogP) is 2.58. The third-order valence-corrected chi connectivity index (χ3v) is 4.33. The van der Waals surface area contributed by atoms with Crippen LogP contribution in [0.1, 0.15) is 37.8 Å². The number of carbonyl (C=O) groups is 1. The van der Waals surface area contributed by atoms with Crippen LogP contribution >= 0.6 is 0 Å². The van der Waals surface area contributed by atoms with Gasteiger partial charge in [-0.15, -0.1) is 0 Å². The molecule has 0 bridgehead atoms. The van der Waals surface area contributed by atoms with Crippen LogP contribution < -0.4 is 15.7 Å². The van der Waals surface area contributed by atoms with Gasteiger partial charge in [-0.05, 0) is 50.3 Å². The van der Waals surface area contributed by atoms with Crippen molar-refractivity contribution in [3.63, 3.8) is 0 Å². The maximum Gasteiger partial charge on any atom is 0.339 e. The Morgan fingerprint density at radius 1 is 1.35 bits per heavy atom. The topological polar surface area (TPSA) is 68.5 Å². The van der Waals surface area contributed by atoms with Gasteiger partial charge >= 0.3 is 5.63 Å². The Labute approximate surface area is 134 Å². The molecule has 1 aliphatic carbocycles. The van der Waals surface area contributed by atoms with Crippen molar-refractivity contribution >= 4 is 16.9 Å². The van der Waals surface area contributed by atoms with E-state index in [2.05, 4.69) is 5.32 Å². The van der Waals surface area contributed by atoms with Crippen LogP contribution in [0.25, 0.3) is 11.0 Å². The van der Waals surface area contributed by atoms with Crippen LogP contribution in [-0.4, -0.2) is 18.6 Å². The van der Waals surface area contributed by atoms with Gasteiger partial charge in [-0.2, -0.15) is 0 Å². The van der Waals surface area contributed by atoms with E-state index in [-0.39, 0.29) is 24.2 Å². The van der Waals surface area contributed by atoms with E-state index in [4.69, 9.17) is 9.15 Å². The van der Waals surface area contributed by atoms with E-state index in [9.17, 15) is 9.59 Å². The first-order valence-corrected chi connectivity index (χ1v) is 8.09. The number of rotatable bonds is 5. The van der Waals surface area contributed by atoms with Crippen molar-refractivity contribution in [2.75, 3.05) is 6.61 Å². The Bertz CT molecular complexity index is 793. The van der Waals surface area contributed by atoms with Crippen LogP contribution in [0.3, 0.4) is 0 Å². The molecule has 0 spiro atoms. The molecule has 1 N–H and O–H groups in total. The molecular weight excluding hydrogens is 294 g/mol. The van der Waals surface area contributed by atoms with E-state index in [0.29, 0.717) is 11.3 Å². The summed E-state index contributed by atoms with van der Waals surface area (Å²) in [7, 11) is 0. The van der Waals surface area contributed by atoms with Crippen molar-refractivity contribution < 1.29 is 13.9 Å². The first-order chi connectivity index (χ1) is 11.1. The summed E-state index contributed by atoms with van der Waals surface area (Å²) in [6.07, 6.45) is 3.57. The van der Waals surface area contributed by atoms with Gasteiger partial charge in [0.15, 0.2) is 6.61 Å². The Balaban J connectivity index is 1.77. The van der Waals surface area contributed by atoms with Gasteiger partial charge in [-0.3, -0.25) is 4.79 Å². The quantitative estimate of drug-likeness (QED) is 0.861. The molecule has 23 heavy (non-hydrogen) atoms. The van der Waals surface area contributed by atoms with Gasteiger partial charge in [0.2, 0.25) is 0 Å². The number of aryl methyl sites for hydroxylation is 1. The van der Waals surface area contributed by atoms with E-state index in [1.807, 2.05) is 26.0 Å². The number of hydrogen-bond donors (Lipinski definition) is 1. The lowest BCUT2D eigenvalue weighted by molar-refractivity contribution is -0.123. The first kappa shape index (κ1) is 15.6. The predicted molar refractivity (Wildman–Crippen MR) is 87.9 cm³/mol. The Hall–Kier alpha value is -2.30. The summed E-state index contributed by atoms with van der Waals surface area (Å²) < 4.78 is 10.9. The zero-order valence-electron chi connectivity index (χ0n) is 13.5. The Kier molecular flexibility index (Phi) is 4.37. The maximum absolute atomic E-state index is 12.0. The first-order valence-electron chi connectivity index (χ1n) is 8.09. The Morgan fingerprint density at radius 2 is 2.13 bits per heavy atom. The summed E-state index contributed by atoms with van der Waals surface area (Å²) in [5.41, 5.74) is 2.17. The minimum Gasteiger partial charge on any atom is -0.484 e. The second-order valence-electron chi connectivity index (χ2n) is 6.02. The fourth-order valence-corrected chi connectivity index (χ4v) is 2.92. The number of nitrogens with one attached hydrogen (secondary N) is 1. The molecule has 0 aliphatic heterocycles. The molecule has 122 valence electrons. The van der Waals surface area contributed by atoms with Crippen molar-refractivity contribution in [3.8, 4) is 5.75 Å². The number of amides is 1. The smallest absolute Gasteiger partial charge is 0.339 e. The van der Waals surface area contributed by atoms with Crippen LogP contribution in [0.4, 0.5) is 0 Å². The second-order valence-corrected chi connectivity index (χ2v) is 6.02. The van der Waals surface area contributed by atoms with Gasteiger partial charge in [0.05, 0.1) is 0 Å². The van der Waals surface area contributed by atoms with E-state index in [1.54, 1.807) is 6.07 Å². The number of hydrogen-bond acceptors (Lipinski definition) is 4. The minimum atomic E-state index is -0.253. The van der Waals surface area contributed by atoms with Crippen molar-refractivity contribution in [1.29, 1.82) is 0 Å². The van der Waals surface area contributed by atoms with Crippen molar-refractivity contribution in [1.82, 2.24) is 5.32 Å². The molecule has 3 rings (SSSR count). The molecule has 5 heteroatoms. The lowest BCUT2D eigenvalue weighted by Crippen LogP contribution is -2.35. The Morgan fingerprint density at radius 3 is 2.91 bits per heavy atom. The number of carbonyl (C=O) groups excluding carboxylic acids is 1. The molecule has 0 unspecified atom stereocenters. The lowest BCUT2D eigenvalue weighted by Gasteiger charge is -2.12. The minimum absolute atomic E-state index is 0.0506. The molecule has 0 fully saturated rings. The average molecular weight is 315 g/mol. The van der Waals surface area contributed by atoms with Crippen molar-refractivity contribution in [3.05, 3.63) is 39.7 Å². The zero-order chi connectivity index (χ0) is 16.4. The van der Waals surface area contributed by atoms with E-state index in [1.165, 1.54) is 0 Å². The van der Waals surface area contributed by atoms with Gasteiger partial charge in [-0.25, -0.2) is 4.79 Å². The summed E-state index contributed by atoms with van der Waals surface area (Å²) in [6, 6.07) is 5.54. The highest BCUT2D eigenvalue weighted by Gasteiger charge is 2.19. The van der Waals surface area contributed by atoms with Crippen LogP contribution in [0.5, 0.6) is 5.75 Å². The summed E-state index contributed by atoms with van der Waals surface area (Å²) in [6.45, 7) is 3.91. The van der Waals surface area contributed by atoms with Crippen LogP contribution in [0, 0.1) is 0 Å². The number of ether oxygens (including phenoxy) is 1. The molecule has 1 aromatic carbocycles. The standard InChI is InChI=1S/C18H21NO4/c1-3-11(2)19-17(20)10-22-12-7-8-14-13-5-4-6-15(13)18(21)23-16(14)9-12/h7-9,11H,3-6,10H2,1-2H3,(H,19,20)/t11-/m0/s1. The van der Waals surface area contributed by atoms with Gasteiger partial charge < -0.3 is 14.5 Å². The molecule has 1 amide bonds. The molecule has 1 aliphatic rings. The van der Waals surface area contributed by atoms with Crippen LogP contribution in [0.2, 0.25) is 0 Å². The number of fused-ring (bicyclic) bond motifs is 3. The van der Waals surface area contributed by atoms with Crippen molar-refractivity contribution in [2.45, 2.75) is 45.6 Å². The SMILES string of the molecule is CC[C@H](C)NC(=O)COc1ccc2c3c(c(=O)oc2c1)CCC3. The molecule has 0 saturated carbocycles. The highest BCUT2D eigenvalue weighted by molar-refractivity contribution is 5.83. The number of benzene rings is 1. The molecule has 1 heterocycles. The normalized spacial score (nSPS) is 14.5. The van der Waals surface area contributed by atoms with Crippen LogP contribution in [-0.2, 0) is 17.6 Å². The largest absolute Gasteiger partial charge is 0.484 e. The summed E-state index contributed by atoms with van der Waals surface area (Å²) in [5.74, 6) is 0.368. The van der Waals surface area contributed by atoms with Gasteiger partial charge in [-0.1, -0.05) is 6.92 Å². The summed E-state index contributed by atoms with van der Waals surface area (Å²) in [4.78, 5) is 23.7. The van der Waals surface area contributed by atoms with E-state index < -0.39 is 0 Å². The average Bonchev–Trinajstić information content (AvgIpc) is 3.03. The second kappa shape index (κ2) is 6.44. The van der Waals surface area contributed by atoms with E-state index >= 15 is 0 Å². The zero-order valence-corrected chi connectivity index (χ0v) is 13.5. The molecule has 0 saturated heterocycles. The van der Waals surface area contributed by atoms with Crippen molar-refractivity contribution in [2.24, 2.45) is 0 Å². The van der Waals surface area contributed by atoms with Gasteiger partial charge in [0, 0.05) is 23.1 Å². The molecule has 0 radical (unpaired) electrons.